The Morgan fingerprint density at radius 3 is 2.65 bits per heavy atom. The highest BCUT2D eigenvalue weighted by Gasteiger charge is 2.18. The number of hydrogen-bond acceptors (Lipinski definition) is 7. The van der Waals surface area contributed by atoms with Crippen molar-refractivity contribution in [2.45, 2.75) is 25.4 Å². The van der Waals surface area contributed by atoms with Crippen LogP contribution in [0.1, 0.15) is 29.9 Å². The van der Waals surface area contributed by atoms with E-state index in [2.05, 4.69) is 42.9 Å². The first-order valence-electron chi connectivity index (χ1n) is 12.9. The maximum atomic E-state index is 14.0. The molecule has 2 heterocycles. The molecule has 0 unspecified atom stereocenters. The zero-order chi connectivity index (χ0) is 27.9. The average molecular weight is 559 g/mol. The number of nitrogens with one attached hydrogen (secondary N) is 3. The minimum Gasteiger partial charge on any atom is -0.500 e. The van der Waals surface area contributed by atoms with Crippen molar-refractivity contribution < 1.29 is 13.9 Å². The number of anilines is 4. The van der Waals surface area contributed by atoms with Gasteiger partial charge in [0.1, 0.15) is 28.9 Å². The van der Waals surface area contributed by atoms with E-state index >= 15 is 0 Å². The molecule has 10 heteroatoms. The number of halogens is 2. The van der Waals surface area contributed by atoms with E-state index in [0.29, 0.717) is 40.4 Å². The number of piperidine rings is 1. The molecule has 0 saturated carbocycles. The van der Waals surface area contributed by atoms with E-state index in [-0.39, 0.29) is 23.1 Å². The van der Waals surface area contributed by atoms with Crippen molar-refractivity contribution in [3.63, 3.8) is 0 Å². The monoisotopic (exact) mass is 558 g/mol. The van der Waals surface area contributed by atoms with Gasteiger partial charge in [0.15, 0.2) is 5.82 Å². The summed E-state index contributed by atoms with van der Waals surface area (Å²) in [5.74, 6) is 1.74. The van der Waals surface area contributed by atoms with Crippen LogP contribution in [0.25, 0.3) is 4.85 Å². The van der Waals surface area contributed by atoms with Gasteiger partial charge in [0.25, 0.3) is 5.69 Å². The number of methoxy groups -OCH3 is 1. The molecule has 4 aromatic rings. The summed E-state index contributed by atoms with van der Waals surface area (Å²) in [5.41, 5.74) is 3.02. The number of aromatic nitrogens is 2. The number of hydrogen-bond donors (Lipinski definition) is 3. The first-order valence-corrected chi connectivity index (χ1v) is 13.3. The lowest BCUT2D eigenvalue weighted by Crippen LogP contribution is -2.26. The second-order valence-corrected chi connectivity index (χ2v) is 9.68. The van der Waals surface area contributed by atoms with Crippen LogP contribution in [-0.2, 0) is 6.61 Å². The molecule has 0 radical (unpaired) electrons. The summed E-state index contributed by atoms with van der Waals surface area (Å²) in [7, 11) is 1.63. The maximum absolute atomic E-state index is 14.0. The van der Waals surface area contributed by atoms with E-state index in [9.17, 15) is 4.39 Å². The molecular formula is C30H28ClFN6O2. The van der Waals surface area contributed by atoms with Crippen molar-refractivity contribution in [3.05, 3.63) is 100 Å². The molecule has 1 aromatic heterocycles. The van der Waals surface area contributed by atoms with Gasteiger partial charge in [-0.1, -0.05) is 41.9 Å². The Morgan fingerprint density at radius 1 is 1.05 bits per heavy atom. The molecule has 0 spiro atoms. The number of benzene rings is 3. The minimum absolute atomic E-state index is 0.0146. The van der Waals surface area contributed by atoms with E-state index in [1.54, 1.807) is 43.5 Å². The van der Waals surface area contributed by atoms with E-state index in [1.165, 1.54) is 17.8 Å². The van der Waals surface area contributed by atoms with Gasteiger partial charge in [0.05, 0.1) is 25.6 Å². The number of ether oxygens (including phenoxy) is 2. The third-order valence-corrected chi connectivity index (χ3v) is 7.01. The van der Waals surface area contributed by atoms with Crippen molar-refractivity contribution in [2.24, 2.45) is 0 Å². The highest BCUT2D eigenvalue weighted by molar-refractivity contribution is 6.33. The number of rotatable bonds is 9. The normalized spacial score (nSPS) is 13.3. The van der Waals surface area contributed by atoms with Gasteiger partial charge in [0, 0.05) is 11.3 Å². The molecule has 5 rings (SSSR count). The van der Waals surface area contributed by atoms with Gasteiger partial charge in [-0.05, 0) is 67.7 Å². The van der Waals surface area contributed by atoms with Gasteiger partial charge in [-0.2, -0.15) is 4.98 Å². The molecule has 0 aliphatic carbocycles. The van der Waals surface area contributed by atoms with Crippen LogP contribution >= 0.6 is 11.6 Å². The Balaban J connectivity index is 1.35. The molecule has 1 aliphatic heterocycles. The molecule has 8 nitrogen and oxygen atoms in total. The fourth-order valence-corrected chi connectivity index (χ4v) is 4.75. The molecule has 204 valence electrons. The van der Waals surface area contributed by atoms with Crippen molar-refractivity contribution >= 4 is 40.4 Å². The van der Waals surface area contributed by atoms with Crippen LogP contribution in [0.5, 0.6) is 11.5 Å². The second kappa shape index (κ2) is 12.6. The van der Waals surface area contributed by atoms with Gasteiger partial charge >= 0.3 is 0 Å². The molecule has 3 aromatic carbocycles. The topological polar surface area (TPSA) is 84.7 Å². The first kappa shape index (κ1) is 27.2. The molecule has 1 aliphatic rings. The predicted octanol–water partition coefficient (Wildman–Crippen LogP) is 7.36. The van der Waals surface area contributed by atoms with Gasteiger partial charge < -0.3 is 25.4 Å². The van der Waals surface area contributed by atoms with E-state index in [1.807, 2.05) is 6.07 Å². The van der Waals surface area contributed by atoms with Crippen molar-refractivity contribution in [2.75, 3.05) is 30.8 Å². The summed E-state index contributed by atoms with van der Waals surface area (Å²) in [6.07, 6.45) is 3.66. The summed E-state index contributed by atoms with van der Waals surface area (Å²) >= 11 is 6.41. The van der Waals surface area contributed by atoms with Gasteiger partial charge in [-0.15, -0.1) is 0 Å². The molecular weight excluding hydrogens is 531 g/mol. The average Bonchev–Trinajstić information content (AvgIpc) is 2.99. The number of nitrogens with zero attached hydrogens (tertiary/aromatic N) is 3. The summed E-state index contributed by atoms with van der Waals surface area (Å²) < 4.78 is 25.5. The van der Waals surface area contributed by atoms with Crippen LogP contribution in [0.15, 0.2) is 66.9 Å². The Morgan fingerprint density at radius 2 is 1.88 bits per heavy atom. The molecule has 0 atom stereocenters. The summed E-state index contributed by atoms with van der Waals surface area (Å²) in [6.45, 7) is 9.74. The van der Waals surface area contributed by atoms with E-state index in [0.717, 1.165) is 31.6 Å². The van der Waals surface area contributed by atoms with Crippen molar-refractivity contribution in [3.8, 4) is 11.5 Å². The van der Waals surface area contributed by atoms with E-state index in [4.69, 9.17) is 27.6 Å². The van der Waals surface area contributed by atoms with Crippen LogP contribution in [0.4, 0.5) is 33.2 Å². The molecule has 40 heavy (non-hydrogen) atoms. The highest BCUT2D eigenvalue weighted by atomic mass is 35.5. The third-order valence-electron chi connectivity index (χ3n) is 6.73. The van der Waals surface area contributed by atoms with Gasteiger partial charge in [-0.25, -0.2) is 14.2 Å². The lowest BCUT2D eigenvalue weighted by Gasteiger charge is -2.24. The SMILES string of the molecule is [C-]#[N+]c1c(Nc2nc(Nc3ccc(C4CCNCC4)cc3OC)ncc2Cl)cccc1OCc1ccccc1F. The van der Waals surface area contributed by atoms with Gasteiger partial charge in [-0.3, -0.25) is 0 Å². The van der Waals surface area contributed by atoms with Crippen LogP contribution in [0, 0.1) is 12.4 Å². The Bertz CT molecular complexity index is 1540. The third kappa shape index (κ3) is 6.25. The zero-order valence-corrected chi connectivity index (χ0v) is 22.6. The molecule has 0 amide bonds. The van der Waals surface area contributed by atoms with Crippen LogP contribution in [0.3, 0.4) is 0 Å². The lowest BCUT2D eigenvalue weighted by atomic mass is 9.90. The standard InChI is InChI=1S/C30H28ClFN6O2/c1-33-28-25(8-5-9-26(28)40-18-21-6-3-4-7-23(21)32)36-29-22(31)17-35-30(38-29)37-24-11-10-20(16-27(24)39-2)19-12-14-34-15-13-19/h3-11,16-17,19,34H,12-15,18H2,2H3,(H2,35,36,37,38). The Hall–Kier alpha value is -4.39. The molecule has 1 fully saturated rings. The summed E-state index contributed by atoms with van der Waals surface area (Å²) in [4.78, 5) is 12.5. The fourth-order valence-electron chi connectivity index (χ4n) is 4.61. The smallest absolute Gasteiger partial charge is 0.250 e. The van der Waals surface area contributed by atoms with Crippen LogP contribution in [-0.4, -0.2) is 30.2 Å². The molecule has 3 N–H and O–H groups in total. The maximum Gasteiger partial charge on any atom is 0.250 e. The summed E-state index contributed by atoms with van der Waals surface area (Å²) in [6, 6.07) is 17.6. The summed E-state index contributed by atoms with van der Waals surface area (Å²) in [5, 5.41) is 10.00. The zero-order valence-electron chi connectivity index (χ0n) is 21.9. The largest absolute Gasteiger partial charge is 0.500 e. The quantitative estimate of drug-likeness (QED) is 0.185. The fraction of sp³-hybridized carbons (Fsp3) is 0.233. The number of para-hydroxylation sites is 1. The molecule has 1 saturated heterocycles. The lowest BCUT2D eigenvalue weighted by molar-refractivity contribution is 0.302. The van der Waals surface area contributed by atoms with Crippen LogP contribution in [0.2, 0.25) is 5.02 Å². The van der Waals surface area contributed by atoms with E-state index < -0.39 is 0 Å². The Kier molecular flexibility index (Phi) is 8.59. The first-order chi connectivity index (χ1) is 19.6. The highest BCUT2D eigenvalue weighted by Crippen LogP contribution is 2.39. The minimum atomic E-state index is -0.369. The second-order valence-electron chi connectivity index (χ2n) is 9.27. The molecule has 0 bridgehead atoms. The van der Waals surface area contributed by atoms with Crippen LogP contribution < -0.4 is 25.4 Å². The van der Waals surface area contributed by atoms with Gasteiger partial charge in [0.2, 0.25) is 5.95 Å². The predicted molar refractivity (Wildman–Crippen MR) is 155 cm³/mol. The Labute approximate surface area is 237 Å². The van der Waals surface area contributed by atoms with Crippen molar-refractivity contribution in [1.82, 2.24) is 15.3 Å². The van der Waals surface area contributed by atoms with Crippen molar-refractivity contribution in [1.29, 1.82) is 0 Å².